The zero-order chi connectivity index (χ0) is 17.6. The minimum absolute atomic E-state index is 0.402. The van der Waals surface area contributed by atoms with E-state index in [-0.39, 0.29) is 0 Å². The summed E-state index contributed by atoms with van der Waals surface area (Å²) >= 11 is -1.89. The van der Waals surface area contributed by atoms with Gasteiger partial charge in [-0.05, 0) is 0 Å². The van der Waals surface area contributed by atoms with Crippen molar-refractivity contribution in [2.24, 2.45) is 7.05 Å². The number of benzene rings is 1. The summed E-state index contributed by atoms with van der Waals surface area (Å²) in [6, 6.07) is 7.68. The van der Waals surface area contributed by atoms with Crippen molar-refractivity contribution >= 4 is 17.7 Å². The fourth-order valence-corrected chi connectivity index (χ4v) is 6.61. The van der Waals surface area contributed by atoms with E-state index >= 15 is 0 Å². The molecule has 2 aromatic rings. The van der Waals surface area contributed by atoms with Crippen molar-refractivity contribution in [3.05, 3.63) is 47.2 Å². The van der Waals surface area contributed by atoms with Gasteiger partial charge in [-0.3, -0.25) is 0 Å². The summed E-state index contributed by atoms with van der Waals surface area (Å²) in [6.07, 6.45) is 2.27. The average molecular weight is 332 g/mol. The molecule has 1 nitrogen and oxygen atoms in total. The van der Waals surface area contributed by atoms with Crippen molar-refractivity contribution < 1.29 is 8.68 Å². The third-order valence-corrected chi connectivity index (χ3v) is 8.28. The van der Waals surface area contributed by atoms with E-state index in [9.17, 15) is 0 Å². The van der Waals surface area contributed by atoms with E-state index in [0.717, 1.165) is 16.8 Å². The maximum absolute atomic E-state index is 7.55. The summed E-state index contributed by atoms with van der Waals surface area (Å²) < 4.78 is 26.3. The van der Waals surface area contributed by atoms with Crippen molar-refractivity contribution in [3.8, 4) is 11.3 Å². The van der Waals surface area contributed by atoms with Gasteiger partial charge >= 0.3 is 130 Å². The van der Waals surface area contributed by atoms with Crippen LogP contribution in [0, 0.1) is 20.7 Å². The number of pyridine rings is 1. The Morgan fingerprint density at radius 2 is 1.75 bits per heavy atom. The van der Waals surface area contributed by atoms with Crippen LogP contribution in [0.4, 0.5) is 0 Å². The Kier molecular flexibility index (Phi) is 3.10. The number of nitrogens with zero attached hydrogens (tertiary/aromatic N) is 1. The van der Waals surface area contributed by atoms with Crippen LogP contribution in [0.2, 0.25) is 17.3 Å². The quantitative estimate of drug-likeness (QED) is 0.584. The van der Waals surface area contributed by atoms with Crippen LogP contribution in [-0.4, -0.2) is 13.3 Å². The average Bonchev–Trinajstić information content (AvgIpc) is 2.39. The molecule has 20 heavy (non-hydrogen) atoms. The van der Waals surface area contributed by atoms with Crippen molar-refractivity contribution in [2.75, 3.05) is 0 Å². The number of rotatable bonds is 2. The Hall–Kier alpha value is -1.09. The second kappa shape index (κ2) is 5.36. The van der Waals surface area contributed by atoms with Crippen LogP contribution in [0.3, 0.4) is 0 Å². The molecule has 0 fully saturated rings. The van der Waals surface area contributed by atoms with E-state index in [1.54, 1.807) is 12.1 Å². The van der Waals surface area contributed by atoms with Crippen LogP contribution < -0.4 is 8.96 Å². The van der Waals surface area contributed by atoms with E-state index < -0.39 is 20.1 Å². The van der Waals surface area contributed by atoms with E-state index in [0.29, 0.717) is 5.56 Å². The van der Waals surface area contributed by atoms with Gasteiger partial charge in [0.25, 0.3) is 0 Å². The van der Waals surface area contributed by atoms with Gasteiger partial charge in [0.1, 0.15) is 0 Å². The van der Waals surface area contributed by atoms with Gasteiger partial charge in [0, 0.05) is 0 Å². The molecule has 2 rings (SSSR count). The van der Waals surface area contributed by atoms with Crippen LogP contribution in [-0.2, 0) is 7.05 Å². The van der Waals surface area contributed by atoms with Crippen molar-refractivity contribution in [2.45, 2.75) is 38.0 Å². The molecule has 1 aromatic carbocycles. The molecule has 0 atom stereocenters. The second-order valence-corrected chi connectivity index (χ2v) is 17.2. The molecule has 0 spiro atoms. The SMILES string of the molecule is [2H]C([2H])([2H])c1ccc(-c2cc(C)[c]([Ge]([CH3])([CH3])[CH3])c[n+]2C)c(C)c1. The van der Waals surface area contributed by atoms with Crippen LogP contribution in [0.25, 0.3) is 11.3 Å². The molecule has 2 heteroatoms. The Bertz CT molecular complexity index is 743. The molecule has 0 bridgehead atoms. The Labute approximate surface area is 130 Å². The van der Waals surface area contributed by atoms with E-state index in [1.165, 1.54) is 9.96 Å². The van der Waals surface area contributed by atoms with Crippen molar-refractivity contribution in [3.63, 3.8) is 0 Å². The van der Waals surface area contributed by atoms with Gasteiger partial charge in [-0.2, -0.15) is 0 Å². The molecule has 1 aromatic heterocycles. The van der Waals surface area contributed by atoms with Crippen LogP contribution in [0.5, 0.6) is 0 Å². The predicted octanol–water partition coefficient (Wildman–Crippen LogP) is 3.65. The molecular formula is C18H26GeN+. The molecule has 0 aliphatic carbocycles. The first kappa shape index (κ1) is 11.6. The molecule has 0 saturated heterocycles. The van der Waals surface area contributed by atoms with Gasteiger partial charge in [0.15, 0.2) is 0 Å². The summed E-state index contributed by atoms with van der Waals surface area (Å²) in [7, 11) is 2.07. The first-order valence-corrected chi connectivity index (χ1v) is 14.4. The number of hydrogen-bond acceptors (Lipinski definition) is 0. The zero-order valence-electron chi connectivity index (χ0n) is 16.3. The molecule has 0 amide bonds. The molecule has 0 radical (unpaired) electrons. The van der Waals surface area contributed by atoms with Crippen molar-refractivity contribution in [1.82, 2.24) is 0 Å². The fourth-order valence-electron chi connectivity index (χ4n) is 2.75. The standard InChI is InChI=1S/C18H26GeN/c1-13-8-9-16(14(2)10-13)18-11-15(3)17(12-20(18)7)19(4,5)6/h8-12H,1-7H3/q+1/i1D3. The van der Waals surface area contributed by atoms with Gasteiger partial charge in [-0.25, -0.2) is 0 Å². The summed E-state index contributed by atoms with van der Waals surface area (Å²) in [6.45, 7) is 2.11. The number of aromatic nitrogens is 1. The second-order valence-electron chi connectivity index (χ2n) is 6.65. The minimum atomic E-state index is -2.05. The summed E-state index contributed by atoms with van der Waals surface area (Å²) in [4.78, 5) is 0. The van der Waals surface area contributed by atoms with E-state index in [1.807, 2.05) is 13.0 Å². The molecule has 106 valence electrons. The van der Waals surface area contributed by atoms with Gasteiger partial charge in [0.2, 0.25) is 0 Å². The van der Waals surface area contributed by atoms with Crippen LogP contribution in [0.1, 0.15) is 20.8 Å². The molecular weight excluding hydrogens is 303 g/mol. The third kappa shape index (κ3) is 2.98. The van der Waals surface area contributed by atoms with Gasteiger partial charge < -0.3 is 0 Å². The molecule has 0 N–H and O–H groups in total. The zero-order valence-corrected chi connectivity index (χ0v) is 15.4. The Balaban J connectivity index is 2.58. The summed E-state index contributed by atoms with van der Waals surface area (Å²) in [5.74, 6) is 7.20. The predicted molar refractivity (Wildman–Crippen MR) is 90.2 cm³/mol. The van der Waals surface area contributed by atoms with Crippen molar-refractivity contribution in [1.29, 1.82) is 0 Å². The number of hydrogen-bond donors (Lipinski definition) is 0. The molecule has 1 heterocycles. The van der Waals surface area contributed by atoms with E-state index in [2.05, 4.69) is 48.1 Å². The summed E-state index contributed by atoms with van der Waals surface area (Å²) in [5, 5.41) is 0. The normalized spacial score (nSPS) is 14.6. The maximum atomic E-state index is 7.55. The monoisotopic (exact) mass is 333 g/mol. The molecule has 0 saturated carbocycles. The Morgan fingerprint density at radius 3 is 2.30 bits per heavy atom. The van der Waals surface area contributed by atoms with Gasteiger partial charge in [-0.15, -0.1) is 0 Å². The van der Waals surface area contributed by atoms with Gasteiger partial charge in [-0.1, -0.05) is 0 Å². The summed E-state index contributed by atoms with van der Waals surface area (Å²) in [5.41, 5.74) is 4.96. The fraction of sp³-hybridized carbons (Fsp3) is 0.389. The van der Waals surface area contributed by atoms with Gasteiger partial charge in [0.05, 0.1) is 0 Å². The molecule has 0 unspecified atom stereocenters. The topological polar surface area (TPSA) is 3.88 Å². The first-order chi connectivity index (χ1) is 10.4. The van der Waals surface area contributed by atoms with Crippen LogP contribution >= 0.6 is 0 Å². The van der Waals surface area contributed by atoms with Crippen LogP contribution in [0.15, 0.2) is 30.5 Å². The Morgan fingerprint density at radius 1 is 1.05 bits per heavy atom. The number of aryl methyl sites for hydroxylation is 4. The molecule has 0 aliphatic rings. The van der Waals surface area contributed by atoms with E-state index in [4.69, 9.17) is 4.11 Å². The third-order valence-electron chi connectivity index (χ3n) is 3.79. The first-order valence-electron chi connectivity index (χ1n) is 8.53. The molecule has 0 aliphatic heterocycles.